The van der Waals surface area contributed by atoms with Crippen molar-refractivity contribution in [3.8, 4) is 17.2 Å². The van der Waals surface area contributed by atoms with Crippen LogP contribution in [-0.4, -0.2) is 58.6 Å². The van der Waals surface area contributed by atoms with E-state index in [9.17, 15) is 18.5 Å². The third-order valence-corrected chi connectivity index (χ3v) is 8.83. The van der Waals surface area contributed by atoms with Crippen LogP contribution in [0.5, 0.6) is 0 Å². The molecular weight excluding hydrogens is 475 g/mol. The Bertz CT molecular complexity index is 1450. The van der Waals surface area contributed by atoms with Crippen molar-refractivity contribution in [2.75, 3.05) is 23.0 Å². The second-order valence-electron chi connectivity index (χ2n) is 9.11. The van der Waals surface area contributed by atoms with Gasteiger partial charge in [-0.25, -0.2) is 22.3 Å². The highest BCUT2D eigenvalue weighted by atomic mass is 32.2. The third-order valence-electron chi connectivity index (χ3n) is 7.10. The van der Waals surface area contributed by atoms with E-state index < -0.39 is 33.3 Å². The van der Waals surface area contributed by atoms with Crippen LogP contribution in [0.25, 0.3) is 11.1 Å². The van der Waals surface area contributed by atoms with Gasteiger partial charge >= 0.3 is 6.09 Å². The maximum atomic E-state index is 15.1. The zero-order valence-corrected chi connectivity index (χ0v) is 19.1. The average Bonchev–Trinajstić information content (AvgIpc) is 3.29. The van der Waals surface area contributed by atoms with Crippen molar-refractivity contribution in [3.05, 3.63) is 60.4 Å². The van der Waals surface area contributed by atoms with Gasteiger partial charge in [0.2, 0.25) is 0 Å². The molecule has 1 amide bonds. The van der Waals surface area contributed by atoms with Gasteiger partial charge in [0.1, 0.15) is 17.3 Å². The Morgan fingerprint density at radius 3 is 2.66 bits per heavy atom. The third kappa shape index (κ3) is 3.46. The number of amides is 1. The highest BCUT2D eigenvalue weighted by Gasteiger charge is 2.72. The number of aromatic nitrogens is 4. The summed E-state index contributed by atoms with van der Waals surface area (Å²) in [6.45, 7) is 0.598. The summed E-state index contributed by atoms with van der Waals surface area (Å²) in [5.74, 6) is -0.998. The van der Waals surface area contributed by atoms with Crippen LogP contribution in [0, 0.1) is 29.0 Å². The topological polar surface area (TPSA) is 131 Å². The lowest BCUT2D eigenvalue weighted by atomic mass is 9.97. The fourth-order valence-corrected chi connectivity index (χ4v) is 7.54. The predicted molar refractivity (Wildman–Crippen MR) is 120 cm³/mol. The molecule has 1 saturated carbocycles. The first-order valence-corrected chi connectivity index (χ1v) is 12.8. The number of cyclic esters (lactones) is 1. The van der Waals surface area contributed by atoms with Crippen molar-refractivity contribution in [3.63, 3.8) is 0 Å². The lowest BCUT2D eigenvalue weighted by molar-refractivity contribution is 0.129. The molecule has 3 aromatic rings. The quantitative estimate of drug-likeness (QED) is 0.526. The Morgan fingerprint density at radius 2 is 2.03 bits per heavy atom. The van der Waals surface area contributed by atoms with E-state index >= 15 is 4.39 Å². The first kappa shape index (κ1) is 21.7. The van der Waals surface area contributed by atoms with Gasteiger partial charge in [-0.3, -0.25) is 9.88 Å². The van der Waals surface area contributed by atoms with E-state index in [0.29, 0.717) is 29.1 Å². The molecule has 3 fully saturated rings. The summed E-state index contributed by atoms with van der Waals surface area (Å²) in [5, 5.41) is 17.4. The molecule has 35 heavy (non-hydrogen) atoms. The van der Waals surface area contributed by atoms with E-state index in [4.69, 9.17) is 4.74 Å². The number of ether oxygens (including phenoxy) is 1. The smallest absolute Gasteiger partial charge is 0.414 e. The van der Waals surface area contributed by atoms with Gasteiger partial charge in [0.25, 0.3) is 0 Å². The molecule has 4 atom stereocenters. The lowest BCUT2D eigenvalue weighted by Gasteiger charge is -2.15. The van der Waals surface area contributed by atoms with Crippen molar-refractivity contribution in [1.82, 2.24) is 20.0 Å². The number of benzene rings is 1. The van der Waals surface area contributed by atoms with Crippen LogP contribution in [0.1, 0.15) is 5.69 Å². The maximum Gasteiger partial charge on any atom is 0.414 e. The number of hydrogen-bond donors (Lipinski definition) is 0. The largest absolute Gasteiger partial charge is 0.442 e. The van der Waals surface area contributed by atoms with Crippen LogP contribution in [0.15, 0.2) is 48.9 Å². The molecule has 6 rings (SSSR count). The summed E-state index contributed by atoms with van der Waals surface area (Å²) in [6, 6.07) is 10.1. The number of fused-ring (bicyclic) bond motifs is 1. The van der Waals surface area contributed by atoms with Gasteiger partial charge < -0.3 is 4.74 Å². The molecule has 0 unspecified atom stereocenters. The highest BCUT2D eigenvalue weighted by Crippen LogP contribution is 2.63. The number of hydrogen-bond acceptors (Lipinski definition) is 8. The van der Waals surface area contributed by atoms with Gasteiger partial charge in [-0.2, -0.15) is 5.26 Å². The van der Waals surface area contributed by atoms with Crippen LogP contribution in [0.2, 0.25) is 0 Å². The summed E-state index contributed by atoms with van der Waals surface area (Å²) in [6.07, 6.45) is 3.69. The number of rotatable bonds is 5. The average molecular weight is 495 g/mol. The van der Waals surface area contributed by atoms with Gasteiger partial charge in [-0.15, -0.1) is 5.10 Å². The first-order chi connectivity index (χ1) is 16.8. The van der Waals surface area contributed by atoms with Gasteiger partial charge in [0, 0.05) is 35.4 Å². The molecule has 10 nitrogen and oxygen atoms in total. The van der Waals surface area contributed by atoms with Crippen molar-refractivity contribution >= 4 is 21.6 Å². The number of nitrogens with zero attached hydrogens (tertiary/aromatic N) is 6. The summed E-state index contributed by atoms with van der Waals surface area (Å²) in [7, 11) is -3.10. The molecule has 12 heteroatoms. The molecule has 0 spiro atoms. The Morgan fingerprint density at radius 1 is 1.23 bits per heavy atom. The SMILES string of the molecule is N#C[C@]1(c2ccc(-c3ccc(N4C[C@H](Cn5ccnn5)OC4=O)cc3F)cn2)[C@@H]2CS(=O)(=O)C[C@@H]21. The van der Waals surface area contributed by atoms with Crippen molar-refractivity contribution in [1.29, 1.82) is 5.26 Å². The van der Waals surface area contributed by atoms with E-state index in [1.807, 2.05) is 0 Å². The molecule has 1 aliphatic carbocycles. The summed E-state index contributed by atoms with van der Waals surface area (Å²) >= 11 is 0. The standard InChI is InChI=1S/C23H19FN6O4S/c24-20-7-15(30-10-16(34-22(30)31)9-29-6-5-27-28-29)2-3-17(20)14-1-4-21(26-8-14)23(13-25)18-11-35(32,33)12-19(18)23/h1-8,16,18-19H,9-12H2/t16-,18-,19+,23+/m0/s1. The molecule has 178 valence electrons. The fourth-order valence-electron chi connectivity index (χ4n) is 5.32. The summed E-state index contributed by atoms with van der Waals surface area (Å²) in [4.78, 5) is 18.1. The Hall–Kier alpha value is -3.85. The molecule has 4 heterocycles. The molecular formula is C23H19FN6O4S. The Balaban J connectivity index is 1.19. The van der Waals surface area contributed by atoms with Crippen molar-refractivity contribution in [2.24, 2.45) is 11.8 Å². The minimum absolute atomic E-state index is 0.00335. The van der Waals surface area contributed by atoms with E-state index in [1.165, 1.54) is 23.4 Å². The van der Waals surface area contributed by atoms with Crippen LogP contribution < -0.4 is 4.90 Å². The second kappa shape index (κ2) is 7.58. The highest BCUT2D eigenvalue weighted by molar-refractivity contribution is 7.91. The van der Waals surface area contributed by atoms with E-state index in [1.54, 1.807) is 35.1 Å². The van der Waals surface area contributed by atoms with Crippen LogP contribution in [-0.2, 0) is 26.5 Å². The maximum absolute atomic E-state index is 15.1. The van der Waals surface area contributed by atoms with E-state index in [0.717, 1.165) is 0 Å². The van der Waals surface area contributed by atoms with Gasteiger partial charge in [-0.05, 0) is 24.3 Å². The van der Waals surface area contributed by atoms with Crippen LogP contribution in [0.3, 0.4) is 0 Å². The Kier molecular flexibility index (Phi) is 4.69. The number of nitriles is 1. The van der Waals surface area contributed by atoms with Gasteiger partial charge in [0.05, 0.1) is 48.2 Å². The monoisotopic (exact) mass is 494 g/mol. The number of pyridine rings is 1. The van der Waals surface area contributed by atoms with Crippen LogP contribution in [0.4, 0.5) is 14.9 Å². The summed E-state index contributed by atoms with van der Waals surface area (Å²) < 4.78 is 45.6. The minimum Gasteiger partial charge on any atom is -0.442 e. The zero-order valence-electron chi connectivity index (χ0n) is 18.3. The summed E-state index contributed by atoms with van der Waals surface area (Å²) in [5.41, 5.74) is 0.813. The normalized spacial score (nSPS) is 28.4. The molecule has 0 bridgehead atoms. The number of carbonyl (C=O) groups excluding carboxylic acids is 1. The first-order valence-electron chi connectivity index (χ1n) is 11.0. The fraction of sp³-hybridized carbons (Fsp3) is 0.348. The number of halogens is 1. The lowest BCUT2D eigenvalue weighted by Crippen LogP contribution is -2.26. The molecule has 0 N–H and O–H groups in total. The number of carbonyl (C=O) groups is 1. The Labute approximate surface area is 199 Å². The van der Waals surface area contributed by atoms with Crippen molar-refractivity contribution < 1.29 is 22.3 Å². The minimum atomic E-state index is -3.10. The molecule has 2 saturated heterocycles. The van der Waals surface area contributed by atoms with Gasteiger partial charge in [-0.1, -0.05) is 11.3 Å². The molecule has 3 aliphatic rings. The van der Waals surface area contributed by atoms with Crippen LogP contribution >= 0.6 is 0 Å². The number of sulfone groups is 1. The molecule has 1 aromatic carbocycles. The van der Waals surface area contributed by atoms with Crippen molar-refractivity contribution in [2.45, 2.75) is 18.1 Å². The molecule has 2 aromatic heterocycles. The van der Waals surface area contributed by atoms with E-state index in [2.05, 4.69) is 21.4 Å². The predicted octanol–water partition coefficient (Wildman–Crippen LogP) is 1.94. The number of anilines is 1. The molecule has 0 radical (unpaired) electrons. The molecule has 2 aliphatic heterocycles. The van der Waals surface area contributed by atoms with E-state index in [-0.39, 0.29) is 29.9 Å². The zero-order chi connectivity index (χ0) is 24.4. The van der Waals surface area contributed by atoms with Gasteiger partial charge in [0.15, 0.2) is 9.84 Å². The second-order valence-corrected chi connectivity index (χ2v) is 11.3.